The van der Waals surface area contributed by atoms with E-state index in [2.05, 4.69) is 15.1 Å². The SMILES string of the molecule is CCOc1ccc(-n2c(C)cc(/C=N\NC(=O)c3ccc(O)cc3)c2C)cc1. The number of carbonyl (C=O) groups is 1. The van der Waals surface area contributed by atoms with Gasteiger partial charge in [0, 0.05) is 28.2 Å². The average molecular weight is 377 g/mol. The van der Waals surface area contributed by atoms with Gasteiger partial charge in [0.2, 0.25) is 0 Å². The first kappa shape index (κ1) is 19.2. The Kier molecular flexibility index (Phi) is 5.79. The molecule has 0 atom stereocenters. The molecule has 1 heterocycles. The molecule has 6 heteroatoms. The van der Waals surface area contributed by atoms with Crippen LogP contribution in [-0.4, -0.2) is 28.4 Å². The summed E-state index contributed by atoms with van der Waals surface area (Å²) in [7, 11) is 0. The van der Waals surface area contributed by atoms with Gasteiger partial charge in [-0.1, -0.05) is 0 Å². The second-order valence-corrected chi connectivity index (χ2v) is 6.33. The molecule has 144 valence electrons. The van der Waals surface area contributed by atoms with Crippen molar-refractivity contribution < 1.29 is 14.6 Å². The van der Waals surface area contributed by atoms with Crippen LogP contribution in [0, 0.1) is 13.8 Å². The van der Waals surface area contributed by atoms with Crippen LogP contribution in [0.4, 0.5) is 0 Å². The van der Waals surface area contributed by atoms with E-state index in [0.29, 0.717) is 12.2 Å². The number of amides is 1. The Morgan fingerprint density at radius 2 is 1.82 bits per heavy atom. The standard InChI is InChI=1S/C22H23N3O3/c1-4-28-21-11-7-19(8-12-21)25-15(2)13-18(16(25)3)14-23-24-22(27)17-5-9-20(26)10-6-17/h5-14,26H,4H2,1-3H3,(H,24,27)/b23-14-. The van der Waals surface area contributed by atoms with E-state index in [1.165, 1.54) is 24.3 Å². The maximum absolute atomic E-state index is 12.1. The highest BCUT2D eigenvalue weighted by Crippen LogP contribution is 2.22. The first-order chi connectivity index (χ1) is 13.5. The molecule has 0 spiro atoms. The van der Waals surface area contributed by atoms with Crippen molar-refractivity contribution >= 4 is 12.1 Å². The number of ether oxygens (including phenoxy) is 1. The third-order valence-electron chi connectivity index (χ3n) is 4.38. The van der Waals surface area contributed by atoms with Crippen LogP contribution in [0.2, 0.25) is 0 Å². The minimum atomic E-state index is -0.337. The summed E-state index contributed by atoms with van der Waals surface area (Å²) in [6, 6.07) is 15.9. The fraction of sp³-hybridized carbons (Fsp3) is 0.182. The molecule has 0 aliphatic rings. The molecule has 0 fully saturated rings. The van der Waals surface area contributed by atoms with E-state index >= 15 is 0 Å². The van der Waals surface area contributed by atoms with Crippen molar-refractivity contribution in [1.29, 1.82) is 0 Å². The molecule has 28 heavy (non-hydrogen) atoms. The first-order valence-corrected chi connectivity index (χ1v) is 9.04. The molecule has 0 aliphatic carbocycles. The quantitative estimate of drug-likeness (QED) is 0.504. The molecule has 0 aliphatic heterocycles. The Labute approximate surface area is 164 Å². The summed E-state index contributed by atoms with van der Waals surface area (Å²) in [5.41, 5.74) is 6.96. The lowest BCUT2D eigenvalue weighted by Crippen LogP contribution is -2.17. The molecule has 1 amide bonds. The zero-order chi connectivity index (χ0) is 20.1. The topological polar surface area (TPSA) is 75.8 Å². The summed E-state index contributed by atoms with van der Waals surface area (Å²) < 4.78 is 7.62. The molecule has 3 rings (SSSR count). The molecule has 1 aromatic heterocycles. The van der Waals surface area contributed by atoms with Gasteiger partial charge in [0.15, 0.2) is 0 Å². The fourth-order valence-electron chi connectivity index (χ4n) is 3.01. The molecule has 0 unspecified atom stereocenters. The van der Waals surface area contributed by atoms with E-state index in [9.17, 15) is 9.90 Å². The summed E-state index contributed by atoms with van der Waals surface area (Å²) in [5, 5.41) is 13.4. The minimum Gasteiger partial charge on any atom is -0.508 e. The Balaban J connectivity index is 1.75. The lowest BCUT2D eigenvalue weighted by molar-refractivity contribution is 0.0955. The van der Waals surface area contributed by atoms with E-state index in [0.717, 1.165) is 28.4 Å². The van der Waals surface area contributed by atoms with Crippen LogP contribution in [0.5, 0.6) is 11.5 Å². The molecule has 0 saturated carbocycles. The van der Waals surface area contributed by atoms with Gasteiger partial charge in [0.1, 0.15) is 11.5 Å². The van der Waals surface area contributed by atoms with Gasteiger partial charge >= 0.3 is 0 Å². The lowest BCUT2D eigenvalue weighted by atomic mass is 10.2. The van der Waals surface area contributed by atoms with Crippen molar-refractivity contribution in [2.75, 3.05) is 6.61 Å². The molecule has 0 radical (unpaired) electrons. The Bertz CT molecular complexity index is 987. The van der Waals surface area contributed by atoms with Crippen molar-refractivity contribution in [2.45, 2.75) is 20.8 Å². The second-order valence-electron chi connectivity index (χ2n) is 6.33. The van der Waals surface area contributed by atoms with Crippen LogP contribution < -0.4 is 10.2 Å². The van der Waals surface area contributed by atoms with Gasteiger partial charge in [-0.05, 0) is 75.4 Å². The van der Waals surface area contributed by atoms with Crippen molar-refractivity contribution in [3.05, 3.63) is 77.1 Å². The number of phenols is 1. The summed E-state index contributed by atoms with van der Waals surface area (Å²) in [5.74, 6) is 0.616. The van der Waals surface area contributed by atoms with Gasteiger partial charge in [0.05, 0.1) is 12.8 Å². The van der Waals surface area contributed by atoms with Crippen LogP contribution in [0.25, 0.3) is 5.69 Å². The second kappa shape index (κ2) is 8.43. The normalized spacial score (nSPS) is 11.0. The monoisotopic (exact) mass is 377 g/mol. The fourth-order valence-corrected chi connectivity index (χ4v) is 3.01. The van der Waals surface area contributed by atoms with E-state index < -0.39 is 0 Å². The molecule has 2 N–H and O–H groups in total. The molecule has 6 nitrogen and oxygen atoms in total. The number of hydrazone groups is 1. The molecular weight excluding hydrogens is 354 g/mol. The Morgan fingerprint density at radius 1 is 1.14 bits per heavy atom. The van der Waals surface area contributed by atoms with Gasteiger partial charge in [-0.2, -0.15) is 5.10 Å². The number of hydrogen-bond acceptors (Lipinski definition) is 4. The van der Waals surface area contributed by atoms with Gasteiger partial charge in [-0.3, -0.25) is 4.79 Å². The summed E-state index contributed by atoms with van der Waals surface area (Å²) >= 11 is 0. The van der Waals surface area contributed by atoms with Gasteiger partial charge in [-0.25, -0.2) is 5.43 Å². The number of benzene rings is 2. The highest BCUT2D eigenvalue weighted by atomic mass is 16.5. The van der Waals surface area contributed by atoms with Crippen LogP contribution in [-0.2, 0) is 0 Å². The first-order valence-electron chi connectivity index (χ1n) is 9.04. The zero-order valence-corrected chi connectivity index (χ0v) is 16.1. The maximum Gasteiger partial charge on any atom is 0.271 e. The largest absolute Gasteiger partial charge is 0.508 e. The summed E-state index contributed by atoms with van der Waals surface area (Å²) in [6.07, 6.45) is 1.63. The van der Waals surface area contributed by atoms with Crippen LogP contribution in [0.1, 0.15) is 34.2 Å². The third kappa shape index (κ3) is 4.23. The third-order valence-corrected chi connectivity index (χ3v) is 4.38. The van der Waals surface area contributed by atoms with Crippen LogP contribution in [0.3, 0.4) is 0 Å². The summed E-state index contributed by atoms with van der Waals surface area (Å²) in [6.45, 7) is 6.63. The van der Waals surface area contributed by atoms with Crippen molar-refractivity contribution in [2.24, 2.45) is 5.10 Å². The molecule has 0 saturated heterocycles. The molecular formula is C22H23N3O3. The number of phenolic OH excluding ortho intramolecular Hbond substituents is 1. The highest BCUT2D eigenvalue weighted by molar-refractivity contribution is 5.95. The number of aryl methyl sites for hydroxylation is 1. The number of hydrogen-bond donors (Lipinski definition) is 2. The van der Waals surface area contributed by atoms with E-state index in [1.54, 1.807) is 6.21 Å². The minimum absolute atomic E-state index is 0.113. The van der Waals surface area contributed by atoms with E-state index in [4.69, 9.17) is 4.74 Å². The van der Waals surface area contributed by atoms with Crippen LogP contribution in [0.15, 0.2) is 59.7 Å². The highest BCUT2D eigenvalue weighted by Gasteiger charge is 2.10. The number of rotatable bonds is 6. The smallest absolute Gasteiger partial charge is 0.271 e. The van der Waals surface area contributed by atoms with Gasteiger partial charge in [0.25, 0.3) is 5.91 Å². The Morgan fingerprint density at radius 3 is 2.46 bits per heavy atom. The average Bonchev–Trinajstić information content (AvgIpc) is 2.97. The van der Waals surface area contributed by atoms with Gasteiger partial charge in [-0.15, -0.1) is 0 Å². The lowest BCUT2D eigenvalue weighted by Gasteiger charge is -2.10. The van der Waals surface area contributed by atoms with Crippen LogP contribution >= 0.6 is 0 Å². The number of nitrogens with zero attached hydrogens (tertiary/aromatic N) is 2. The molecule has 2 aromatic carbocycles. The number of aromatic hydroxyl groups is 1. The number of nitrogens with one attached hydrogen (secondary N) is 1. The predicted octanol–water partition coefficient (Wildman–Crippen LogP) is 3.96. The summed E-state index contributed by atoms with van der Waals surface area (Å²) in [4.78, 5) is 12.1. The van der Waals surface area contributed by atoms with Crippen molar-refractivity contribution in [3.8, 4) is 17.2 Å². The van der Waals surface area contributed by atoms with Crippen molar-refractivity contribution in [1.82, 2.24) is 9.99 Å². The molecule has 3 aromatic rings. The number of carbonyl (C=O) groups excluding carboxylic acids is 1. The van der Waals surface area contributed by atoms with E-state index in [-0.39, 0.29) is 11.7 Å². The zero-order valence-electron chi connectivity index (χ0n) is 16.1. The molecule has 0 bridgehead atoms. The van der Waals surface area contributed by atoms with E-state index in [1.807, 2.05) is 51.1 Å². The van der Waals surface area contributed by atoms with Gasteiger partial charge < -0.3 is 14.4 Å². The predicted molar refractivity (Wildman–Crippen MR) is 110 cm³/mol. The Hall–Kier alpha value is -3.54. The number of aromatic nitrogens is 1. The maximum atomic E-state index is 12.1. The van der Waals surface area contributed by atoms with Crippen molar-refractivity contribution in [3.63, 3.8) is 0 Å².